The number of rotatable bonds is 4. The van der Waals surface area contributed by atoms with Crippen LogP contribution in [0.25, 0.3) is 0 Å². The number of phenolic OH excluding ortho intramolecular Hbond substituents is 1. The molecular weight excluding hydrogens is 267 g/mol. The van der Waals surface area contributed by atoms with Gasteiger partial charge in [0.15, 0.2) is 11.6 Å². The molecule has 1 aromatic rings. The van der Waals surface area contributed by atoms with E-state index in [-0.39, 0.29) is 6.42 Å². The van der Waals surface area contributed by atoms with Crippen molar-refractivity contribution >= 4 is 21.9 Å². The van der Waals surface area contributed by atoms with Crippen molar-refractivity contribution < 1.29 is 19.4 Å². The SMILES string of the molecule is O=C(O)CCCc1c(Br)ccc(F)c1O. The fourth-order valence-corrected chi connectivity index (χ4v) is 1.76. The van der Waals surface area contributed by atoms with E-state index in [0.29, 0.717) is 22.9 Å². The fraction of sp³-hybridized carbons (Fsp3) is 0.300. The largest absolute Gasteiger partial charge is 0.505 e. The molecule has 0 saturated carbocycles. The van der Waals surface area contributed by atoms with Gasteiger partial charge in [0, 0.05) is 16.5 Å². The lowest BCUT2D eigenvalue weighted by atomic mass is 10.1. The lowest BCUT2D eigenvalue weighted by Crippen LogP contribution is -1.97. The van der Waals surface area contributed by atoms with Gasteiger partial charge in [-0.25, -0.2) is 4.39 Å². The summed E-state index contributed by atoms with van der Waals surface area (Å²) in [5.41, 5.74) is 0.413. The molecule has 0 unspecified atom stereocenters. The Kier molecular flexibility index (Phi) is 4.08. The van der Waals surface area contributed by atoms with Gasteiger partial charge >= 0.3 is 5.97 Å². The van der Waals surface area contributed by atoms with Crippen LogP contribution in [0.15, 0.2) is 16.6 Å². The summed E-state index contributed by atoms with van der Waals surface area (Å²) in [6.45, 7) is 0. The molecule has 0 amide bonds. The summed E-state index contributed by atoms with van der Waals surface area (Å²) in [6, 6.07) is 2.64. The number of hydrogen-bond acceptors (Lipinski definition) is 2. The zero-order chi connectivity index (χ0) is 11.4. The Morgan fingerprint density at radius 1 is 1.47 bits per heavy atom. The predicted octanol–water partition coefficient (Wildman–Crippen LogP) is 2.70. The average Bonchev–Trinajstić information content (AvgIpc) is 2.17. The summed E-state index contributed by atoms with van der Waals surface area (Å²) in [7, 11) is 0. The minimum atomic E-state index is -0.901. The van der Waals surface area contributed by atoms with Gasteiger partial charge in [-0.3, -0.25) is 4.79 Å². The number of benzene rings is 1. The van der Waals surface area contributed by atoms with E-state index < -0.39 is 17.5 Å². The smallest absolute Gasteiger partial charge is 0.303 e. The molecule has 0 aliphatic carbocycles. The normalized spacial score (nSPS) is 10.3. The Bertz CT molecular complexity index is 379. The van der Waals surface area contributed by atoms with Crippen LogP contribution < -0.4 is 0 Å². The van der Waals surface area contributed by atoms with Gasteiger partial charge in [-0.1, -0.05) is 15.9 Å². The van der Waals surface area contributed by atoms with Crippen molar-refractivity contribution in [1.29, 1.82) is 0 Å². The first-order chi connectivity index (χ1) is 7.02. The summed E-state index contributed by atoms with van der Waals surface area (Å²) >= 11 is 3.17. The number of hydrogen-bond donors (Lipinski definition) is 2. The zero-order valence-corrected chi connectivity index (χ0v) is 9.42. The van der Waals surface area contributed by atoms with Crippen LogP contribution in [-0.4, -0.2) is 16.2 Å². The number of carboxylic acid groups (broad SMARTS) is 1. The van der Waals surface area contributed by atoms with E-state index in [1.54, 1.807) is 0 Å². The van der Waals surface area contributed by atoms with Crippen LogP contribution in [0.1, 0.15) is 18.4 Å². The number of phenols is 1. The minimum absolute atomic E-state index is 0.00237. The van der Waals surface area contributed by atoms with E-state index in [1.165, 1.54) is 6.07 Å². The maximum Gasteiger partial charge on any atom is 0.303 e. The third kappa shape index (κ3) is 3.20. The molecule has 0 radical (unpaired) electrons. The predicted molar refractivity (Wildman–Crippen MR) is 56.3 cm³/mol. The Morgan fingerprint density at radius 2 is 2.13 bits per heavy atom. The van der Waals surface area contributed by atoms with Gasteiger partial charge in [0.25, 0.3) is 0 Å². The Morgan fingerprint density at radius 3 is 2.73 bits per heavy atom. The first-order valence-corrected chi connectivity index (χ1v) is 5.19. The maximum absolute atomic E-state index is 13.0. The molecule has 0 aliphatic heterocycles. The number of carbonyl (C=O) groups is 1. The number of halogens is 2. The number of carboxylic acids is 1. The van der Waals surface area contributed by atoms with E-state index >= 15 is 0 Å². The molecule has 82 valence electrons. The van der Waals surface area contributed by atoms with E-state index in [4.69, 9.17) is 5.11 Å². The lowest BCUT2D eigenvalue weighted by molar-refractivity contribution is -0.137. The Labute approximate surface area is 94.7 Å². The summed E-state index contributed by atoms with van der Waals surface area (Å²) in [5.74, 6) is -2.00. The van der Waals surface area contributed by atoms with Crippen LogP contribution in [0, 0.1) is 5.82 Å². The lowest BCUT2D eigenvalue weighted by Gasteiger charge is -2.06. The van der Waals surface area contributed by atoms with Crippen LogP contribution in [0.5, 0.6) is 5.75 Å². The van der Waals surface area contributed by atoms with Crippen molar-refractivity contribution in [3.63, 3.8) is 0 Å². The van der Waals surface area contributed by atoms with E-state index in [9.17, 15) is 14.3 Å². The standard InChI is InChI=1S/C10H10BrFO3/c11-7-4-5-8(12)10(15)6(7)2-1-3-9(13)14/h4-5,15H,1-3H2,(H,13,14). The van der Waals surface area contributed by atoms with Gasteiger partial charge < -0.3 is 10.2 Å². The van der Waals surface area contributed by atoms with Gasteiger partial charge in [-0.05, 0) is 25.0 Å². The second kappa shape index (κ2) is 5.11. The highest BCUT2D eigenvalue weighted by Gasteiger charge is 2.11. The van der Waals surface area contributed by atoms with Crippen LogP contribution in [0.4, 0.5) is 4.39 Å². The third-order valence-electron chi connectivity index (χ3n) is 1.99. The monoisotopic (exact) mass is 276 g/mol. The topological polar surface area (TPSA) is 57.5 Å². The summed E-state index contributed by atoms with van der Waals surface area (Å²) < 4.78 is 13.5. The van der Waals surface area contributed by atoms with Crippen LogP contribution >= 0.6 is 15.9 Å². The molecule has 0 bridgehead atoms. The molecule has 1 aromatic carbocycles. The Hall–Kier alpha value is -1.10. The van der Waals surface area contributed by atoms with Crippen molar-refractivity contribution in [3.8, 4) is 5.75 Å². The maximum atomic E-state index is 13.0. The molecule has 3 nitrogen and oxygen atoms in total. The molecule has 5 heteroatoms. The second-order valence-corrected chi connectivity index (χ2v) is 3.96. The van der Waals surface area contributed by atoms with Crippen molar-refractivity contribution in [2.75, 3.05) is 0 Å². The summed E-state index contributed by atoms with van der Waals surface area (Å²) in [4.78, 5) is 10.3. The van der Waals surface area contributed by atoms with Gasteiger partial charge in [-0.2, -0.15) is 0 Å². The van der Waals surface area contributed by atoms with Gasteiger partial charge in [0.2, 0.25) is 0 Å². The van der Waals surface area contributed by atoms with Gasteiger partial charge in [0.05, 0.1) is 0 Å². The zero-order valence-electron chi connectivity index (χ0n) is 7.83. The van der Waals surface area contributed by atoms with E-state index in [2.05, 4.69) is 15.9 Å². The molecule has 15 heavy (non-hydrogen) atoms. The molecule has 0 spiro atoms. The van der Waals surface area contributed by atoms with Gasteiger partial charge in [0.1, 0.15) is 0 Å². The minimum Gasteiger partial charge on any atom is -0.505 e. The quantitative estimate of drug-likeness (QED) is 0.889. The highest BCUT2D eigenvalue weighted by Crippen LogP contribution is 2.29. The molecule has 1 rings (SSSR count). The molecule has 0 aliphatic rings. The van der Waals surface area contributed by atoms with Crippen molar-refractivity contribution in [3.05, 3.63) is 28.0 Å². The average molecular weight is 277 g/mol. The van der Waals surface area contributed by atoms with Crippen LogP contribution in [-0.2, 0) is 11.2 Å². The molecule has 0 heterocycles. The molecule has 0 fully saturated rings. The van der Waals surface area contributed by atoms with E-state index in [0.717, 1.165) is 6.07 Å². The summed E-state index contributed by atoms with van der Waals surface area (Å²) in [6.07, 6.45) is 0.698. The van der Waals surface area contributed by atoms with Crippen molar-refractivity contribution in [2.45, 2.75) is 19.3 Å². The first-order valence-electron chi connectivity index (χ1n) is 4.40. The molecule has 0 saturated heterocycles. The van der Waals surface area contributed by atoms with Crippen LogP contribution in [0.3, 0.4) is 0 Å². The molecular formula is C10H10BrFO3. The fourth-order valence-electron chi connectivity index (χ4n) is 1.24. The third-order valence-corrected chi connectivity index (χ3v) is 2.74. The van der Waals surface area contributed by atoms with Gasteiger partial charge in [-0.15, -0.1) is 0 Å². The highest BCUT2D eigenvalue weighted by molar-refractivity contribution is 9.10. The number of aromatic hydroxyl groups is 1. The van der Waals surface area contributed by atoms with Crippen molar-refractivity contribution in [2.24, 2.45) is 0 Å². The second-order valence-electron chi connectivity index (χ2n) is 3.10. The summed E-state index contributed by atoms with van der Waals surface area (Å²) in [5, 5.41) is 17.8. The Balaban J connectivity index is 2.75. The number of aliphatic carboxylic acids is 1. The molecule has 2 N–H and O–H groups in total. The molecule has 0 atom stereocenters. The highest BCUT2D eigenvalue weighted by atomic mass is 79.9. The van der Waals surface area contributed by atoms with Crippen LogP contribution in [0.2, 0.25) is 0 Å². The first kappa shape index (κ1) is 12.0. The molecule has 0 aromatic heterocycles. The van der Waals surface area contributed by atoms with E-state index in [1.807, 2.05) is 0 Å². The van der Waals surface area contributed by atoms with Crippen molar-refractivity contribution in [1.82, 2.24) is 0 Å².